The van der Waals surface area contributed by atoms with E-state index in [0.717, 1.165) is 27.5 Å². The number of methoxy groups -OCH3 is 1. The summed E-state index contributed by atoms with van der Waals surface area (Å²) in [4.78, 5) is 4.44. The molecule has 4 nitrogen and oxygen atoms in total. The molecule has 0 radical (unpaired) electrons. The third-order valence-corrected chi connectivity index (χ3v) is 3.13. The second-order valence-electron chi connectivity index (χ2n) is 3.53. The fourth-order valence-corrected chi connectivity index (χ4v) is 2.22. The van der Waals surface area contributed by atoms with Gasteiger partial charge in [0.25, 0.3) is 0 Å². The van der Waals surface area contributed by atoms with Crippen molar-refractivity contribution in [3.8, 4) is 17.3 Å². The van der Waals surface area contributed by atoms with Crippen LogP contribution >= 0.6 is 15.9 Å². The zero-order valence-electron chi connectivity index (χ0n) is 9.05. The van der Waals surface area contributed by atoms with Gasteiger partial charge in [0.2, 0.25) is 0 Å². The van der Waals surface area contributed by atoms with Crippen LogP contribution in [0.2, 0.25) is 0 Å². The summed E-state index contributed by atoms with van der Waals surface area (Å²) < 4.78 is 13.3. The zero-order chi connectivity index (χ0) is 11.8. The minimum absolute atomic E-state index is 0.721. The summed E-state index contributed by atoms with van der Waals surface area (Å²) in [5, 5.41) is 0. The summed E-state index contributed by atoms with van der Waals surface area (Å²) in [6, 6.07) is 7.56. The number of fused-ring (bicyclic) bond motifs is 1. The number of imidazole rings is 1. The van der Waals surface area contributed by atoms with Gasteiger partial charge in [-0.25, -0.2) is 4.98 Å². The number of rotatable bonds is 2. The van der Waals surface area contributed by atoms with Gasteiger partial charge in [-0.15, -0.1) is 0 Å². The Morgan fingerprint density at radius 1 is 1.35 bits per heavy atom. The van der Waals surface area contributed by atoms with Crippen molar-refractivity contribution in [2.45, 2.75) is 0 Å². The van der Waals surface area contributed by atoms with Crippen LogP contribution in [0.25, 0.3) is 17.1 Å². The topological polar surface area (TPSA) is 39.7 Å². The molecule has 0 fully saturated rings. The van der Waals surface area contributed by atoms with Crippen LogP contribution in [0.5, 0.6) is 5.75 Å². The standard InChI is InChI=1S/C12H9BrN2O2/c1-16-8-4-5-9-11(13)14-12(15(9)7-8)10-3-2-6-17-10/h2-7H,1H3. The molecule has 3 rings (SSSR count). The van der Waals surface area contributed by atoms with Crippen LogP contribution in [-0.4, -0.2) is 16.5 Å². The van der Waals surface area contributed by atoms with E-state index in [4.69, 9.17) is 9.15 Å². The highest BCUT2D eigenvalue weighted by Gasteiger charge is 2.13. The molecule has 0 spiro atoms. The minimum Gasteiger partial charge on any atom is -0.495 e. The lowest BCUT2D eigenvalue weighted by Crippen LogP contribution is -1.90. The summed E-state index contributed by atoms with van der Waals surface area (Å²) in [7, 11) is 1.64. The highest BCUT2D eigenvalue weighted by atomic mass is 79.9. The van der Waals surface area contributed by atoms with Gasteiger partial charge in [0, 0.05) is 0 Å². The average Bonchev–Trinajstić information content (AvgIpc) is 2.97. The van der Waals surface area contributed by atoms with Gasteiger partial charge in [-0.3, -0.25) is 4.40 Å². The van der Waals surface area contributed by atoms with Gasteiger partial charge in [0.1, 0.15) is 10.4 Å². The maximum absolute atomic E-state index is 5.37. The number of hydrogen-bond acceptors (Lipinski definition) is 3. The summed E-state index contributed by atoms with van der Waals surface area (Å²) in [5.41, 5.74) is 0.970. The van der Waals surface area contributed by atoms with E-state index in [1.54, 1.807) is 13.4 Å². The number of nitrogens with zero attached hydrogens (tertiary/aromatic N) is 2. The van der Waals surface area contributed by atoms with Crippen LogP contribution in [0.3, 0.4) is 0 Å². The molecule has 3 heterocycles. The van der Waals surface area contributed by atoms with Crippen molar-refractivity contribution in [3.63, 3.8) is 0 Å². The number of furan rings is 1. The van der Waals surface area contributed by atoms with Gasteiger partial charge in [-0.1, -0.05) is 0 Å². The van der Waals surface area contributed by atoms with Crippen molar-refractivity contribution in [2.24, 2.45) is 0 Å². The van der Waals surface area contributed by atoms with Crippen molar-refractivity contribution in [2.75, 3.05) is 7.11 Å². The molecule has 3 aromatic heterocycles. The molecule has 0 N–H and O–H groups in total. The molecule has 17 heavy (non-hydrogen) atoms. The molecule has 0 aromatic carbocycles. The molecule has 0 saturated carbocycles. The van der Waals surface area contributed by atoms with Crippen LogP contribution in [0, 0.1) is 0 Å². The highest BCUT2D eigenvalue weighted by molar-refractivity contribution is 9.10. The Kier molecular flexibility index (Phi) is 2.40. The molecule has 5 heteroatoms. The minimum atomic E-state index is 0.721. The Morgan fingerprint density at radius 3 is 2.94 bits per heavy atom. The first-order valence-corrected chi connectivity index (χ1v) is 5.84. The van der Waals surface area contributed by atoms with E-state index in [9.17, 15) is 0 Å². The Hall–Kier alpha value is -1.75. The van der Waals surface area contributed by atoms with Crippen LogP contribution in [0.4, 0.5) is 0 Å². The van der Waals surface area contributed by atoms with E-state index in [1.165, 1.54) is 0 Å². The number of aromatic nitrogens is 2. The van der Waals surface area contributed by atoms with Gasteiger partial charge in [-0.05, 0) is 40.2 Å². The summed E-state index contributed by atoms with van der Waals surface area (Å²) in [6.45, 7) is 0. The molecule has 0 atom stereocenters. The third-order valence-electron chi connectivity index (χ3n) is 2.54. The van der Waals surface area contributed by atoms with E-state index in [0.29, 0.717) is 0 Å². The lowest BCUT2D eigenvalue weighted by atomic mass is 10.4. The summed E-state index contributed by atoms with van der Waals surface area (Å²) >= 11 is 3.44. The third kappa shape index (κ3) is 1.63. The van der Waals surface area contributed by atoms with Crippen LogP contribution in [-0.2, 0) is 0 Å². The zero-order valence-corrected chi connectivity index (χ0v) is 10.6. The molecular formula is C12H9BrN2O2. The molecule has 0 aliphatic heterocycles. The first-order chi connectivity index (χ1) is 8.29. The predicted molar refractivity (Wildman–Crippen MR) is 67.1 cm³/mol. The monoisotopic (exact) mass is 292 g/mol. The number of ether oxygens (including phenoxy) is 1. The molecule has 0 unspecified atom stereocenters. The normalized spacial score (nSPS) is 10.9. The fourth-order valence-electron chi connectivity index (χ4n) is 1.73. The molecule has 3 aromatic rings. The van der Waals surface area contributed by atoms with Crippen molar-refractivity contribution < 1.29 is 9.15 Å². The molecule has 0 amide bonds. The first kappa shape index (κ1) is 10.4. The van der Waals surface area contributed by atoms with Crippen molar-refractivity contribution in [3.05, 3.63) is 41.3 Å². The second kappa shape index (κ2) is 3.92. The van der Waals surface area contributed by atoms with Gasteiger partial charge in [0.15, 0.2) is 11.6 Å². The molecule has 86 valence electrons. The van der Waals surface area contributed by atoms with Crippen LogP contribution < -0.4 is 4.74 Å². The van der Waals surface area contributed by atoms with Crippen LogP contribution in [0.1, 0.15) is 0 Å². The number of pyridine rings is 1. The SMILES string of the molecule is COc1ccc2c(Br)nc(-c3ccco3)n2c1. The van der Waals surface area contributed by atoms with Gasteiger partial charge < -0.3 is 9.15 Å². The lowest BCUT2D eigenvalue weighted by Gasteiger charge is -2.02. The average molecular weight is 293 g/mol. The quantitative estimate of drug-likeness (QED) is 0.727. The predicted octanol–water partition coefficient (Wildman–Crippen LogP) is 3.37. The summed E-state index contributed by atoms with van der Waals surface area (Å²) in [5.74, 6) is 2.24. The van der Waals surface area contributed by atoms with Crippen molar-refractivity contribution >= 4 is 21.4 Å². The lowest BCUT2D eigenvalue weighted by molar-refractivity contribution is 0.412. The Balaban J connectivity index is 2.31. The number of hydrogen-bond donors (Lipinski definition) is 0. The highest BCUT2D eigenvalue weighted by Crippen LogP contribution is 2.28. The first-order valence-electron chi connectivity index (χ1n) is 5.05. The van der Waals surface area contributed by atoms with Gasteiger partial charge in [0.05, 0.1) is 25.1 Å². The second-order valence-corrected chi connectivity index (χ2v) is 4.28. The van der Waals surface area contributed by atoms with Crippen molar-refractivity contribution in [1.82, 2.24) is 9.38 Å². The van der Waals surface area contributed by atoms with Gasteiger partial charge in [-0.2, -0.15) is 0 Å². The number of halogens is 1. The van der Waals surface area contributed by atoms with Crippen molar-refractivity contribution in [1.29, 1.82) is 0 Å². The molecule has 0 aliphatic rings. The smallest absolute Gasteiger partial charge is 0.182 e. The Bertz CT molecular complexity index is 659. The van der Waals surface area contributed by atoms with Gasteiger partial charge >= 0.3 is 0 Å². The Morgan fingerprint density at radius 2 is 2.24 bits per heavy atom. The summed E-state index contributed by atoms with van der Waals surface area (Å²) in [6.07, 6.45) is 3.51. The molecule has 0 saturated heterocycles. The largest absolute Gasteiger partial charge is 0.495 e. The molecule has 0 bridgehead atoms. The van der Waals surface area contributed by atoms with E-state index < -0.39 is 0 Å². The van der Waals surface area contributed by atoms with Crippen LogP contribution in [0.15, 0.2) is 45.7 Å². The fraction of sp³-hybridized carbons (Fsp3) is 0.0833. The van der Waals surface area contributed by atoms with E-state index in [1.807, 2.05) is 34.9 Å². The van der Waals surface area contributed by atoms with E-state index in [2.05, 4.69) is 20.9 Å². The maximum atomic E-state index is 5.37. The Labute approximate surface area is 106 Å². The molecular weight excluding hydrogens is 284 g/mol. The maximum Gasteiger partial charge on any atom is 0.182 e. The van der Waals surface area contributed by atoms with E-state index in [-0.39, 0.29) is 0 Å². The molecule has 0 aliphatic carbocycles. The van der Waals surface area contributed by atoms with E-state index >= 15 is 0 Å².